The highest BCUT2D eigenvalue weighted by molar-refractivity contribution is 6.32. The van der Waals surface area contributed by atoms with Crippen LogP contribution in [0.1, 0.15) is 24.1 Å². The molecule has 1 amide bonds. The first-order chi connectivity index (χ1) is 10.1. The molecule has 4 nitrogen and oxygen atoms in total. The number of ether oxygens (including phenoxy) is 1. The number of hydrogen-bond donors (Lipinski definition) is 2. The molecular weight excluding hydrogens is 288 g/mol. The van der Waals surface area contributed by atoms with Crippen molar-refractivity contribution in [2.75, 3.05) is 5.32 Å². The van der Waals surface area contributed by atoms with Crippen molar-refractivity contribution in [2.45, 2.75) is 19.4 Å². The van der Waals surface area contributed by atoms with Gasteiger partial charge in [0.15, 0.2) is 0 Å². The minimum atomic E-state index is -0.671. The molecule has 1 aliphatic heterocycles. The highest BCUT2D eigenvalue weighted by Gasteiger charge is 2.28. The summed E-state index contributed by atoms with van der Waals surface area (Å²) < 4.78 is 5.82. The van der Waals surface area contributed by atoms with E-state index in [4.69, 9.17) is 22.1 Å². The first-order valence-corrected chi connectivity index (χ1v) is 7.13. The standard InChI is InChI=1S/C16H15ClN2O2/c1-2-9-4-3-5-10(6-9)21-14-8-13-11(7-12(14)17)15(18)16(20)19-13/h3-8,15H,2,18H2,1H3,(H,19,20). The molecule has 1 aliphatic rings. The summed E-state index contributed by atoms with van der Waals surface area (Å²) in [6.07, 6.45) is 0.931. The van der Waals surface area contributed by atoms with Gasteiger partial charge in [-0.15, -0.1) is 0 Å². The second-order valence-corrected chi connectivity index (χ2v) is 5.35. The maximum absolute atomic E-state index is 11.6. The molecule has 1 unspecified atom stereocenters. The molecule has 0 aliphatic carbocycles. The molecule has 0 bridgehead atoms. The monoisotopic (exact) mass is 302 g/mol. The van der Waals surface area contributed by atoms with Gasteiger partial charge in [0.1, 0.15) is 17.5 Å². The summed E-state index contributed by atoms with van der Waals surface area (Å²) in [4.78, 5) is 11.6. The number of nitrogens with one attached hydrogen (secondary N) is 1. The molecule has 3 rings (SSSR count). The molecule has 21 heavy (non-hydrogen) atoms. The van der Waals surface area contributed by atoms with Gasteiger partial charge in [0.2, 0.25) is 5.91 Å². The van der Waals surface area contributed by atoms with Crippen LogP contribution in [-0.4, -0.2) is 5.91 Å². The Balaban J connectivity index is 1.93. The fraction of sp³-hybridized carbons (Fsp3) is 0.188. The average molecular weight is 303 g/mol. The van der Waals surface area contributed by atoms with E-state index >= 15 is 0 Å². The number of halogens is 1. The number of rotatable bonds is 3. The van der Waals surface area contributed by atoms with E-state index in [-0.39, 0.29) is 5.91 Å². The van der Waals surface area contributed by atoms with Crippen molar-refractivity contribution in [3.05, 3.63) is 52.5 Å². The summed E-state index contributed by atoms with van der Waals surface area (Å²) in [5.41, 5.74) is 8.31. The van der Waals surface area contributed by atoms with Crippen molar-refractivity contribution < 1.29 is 9.53 Å². The second kappa shape index (κ2) is 5.39. The van der Waals surface area contributed by atoms with E-state index in [1.807, 2.05) is 24.3 Å². The van der Waals surface area contributed by atoms with Gasteiger partial charge in [-0.3, -0.25) is 4.79 Å². The smallest absolute Gasteiger partial charge is 0.245 e. The maximum atomic E-state index is 11.6. The summed E-state index contributed by atoms with van der Waals surface area (Å²) >= 11 is 6.22. The van der Waals surface area contributed by atoms with E-state index < -0.39 is 6.04 Å². The van der Waals surface area contributed by atoms with Crippen LogP contribution in [0.3, 0.4) is 0 Å². The van der Waals surface area contributed by atoms with E-state index in [1.54, 1.807) is 12.1 Å². The molecule has 1 atom stereocenters. The molecular formula is C16H15ClN2O2. The first-order valence-electron chi connectivity index (χ1n) is 6.75. The second-order valence-electron chi connectivity index (χ2n) is 4.94. The van der Waals surface area contributed by atoms with Crippen molar-refractivity contribution in [3.63, 3.8) is 0 Å². The van der Waals surface area contributed by atoms with Gasteiger partial charge >= 0.3 is 0 Å². The molecule has 0 saturated heterocycles. The van der Waals surface area contributed by atoms with Gasteiger partial charge in [0.05, 0.1) is 5.02 Å². The fourth-order valence-corrected chi connectivity index (χ4v) is 2.53. The van der Waals surface area contributed by atoms with Crippen LogP contribution < -0.4 is 15.8 Å². The molecule has 2 aromatic carbocycles. The van der Waals surface area contributed by atoms with Crippen LogP contribution in [-0.2, 0) is 11.2 Å². The summed E-state index contributed by atoms with van der Waals surface area (Å²) in [5.74, 6) is 0.981. The SMILES string of the molecule is CCc1cccc(Oc2cc3c(cc2Cl)C(N)C(=O)N3)c1. The van der Waals surface area contributed by atoms with Crippen LogP contribution >= 0.6 is 11.6 Å². The highest BCUT2D eigenvalue weighted by Crippen LogP contribution is 2.39. The van der Waals surface area contributed by atoms with E-state index in [0.717, 1.165) is 6.42 Å². The number of fused-ring (bicyclic) bond motifs is 1. The Kier molecular flexibility index (Phi) is 3.57. The molecule has 108 valence electrons. The first kappa shape index (κ1) is 13.9. The van der Waals surface area contributed by atoms with E-state index in [1.165, 1.54) is 5.56 Å². The van der Waals surface area contributed by atoms with Crippen LogP contribution in [0.4, 0.5) is 5.69 Å². The fourth-order valence-electron chi connectivity index (χ4n) is 2.32. The lowest BCUT2D eigenvalue weighted by Crippen LogP contribution is -2.19. The van der Waals surface area contributed by atoms with Crippen molar-refractivity contribution in [3.8, 4) is 11.5 Å². The zero-order valence-electron chi connectivity index (χ0n) is 11.5. The number of hydrogen-bond acceptors (Lipinski definition) is 3. The van der Waals surface area contributed by atoms with Gasteiger partial charge in [-0.2, -0.15) is 0 Å². The quantitative estimate of drug-likeness (QED) is 0.909. The minimum Gasteiger partial charge on any atom is -0.456 e. The topological polar surface area (TPSA) is 64.3 Å². The van der Waals surface area contributed by atoms with Crippen LogP contribution in [0, 0.1) is 0 Å². The Labute approximate surface area is 127 Å². The molecule has 0 aromatic heterocycles. The van der Waals surface area contributed by atoms with Crippen molar-refractivity contribution >= 4 is 23.2 Å². The Morgan fingerprint density at radius 3 is 2.90 bits per heavy atom. The van der Waals surface area contributed by atoms with E-state index in [0.29, 0.717) is 27.8 Å². The lowest BCUT2D eigenvalue weighted by Gasteiger charge is -2.11. The minimum absolute atomic E-state index is 0.230. The molecule has 0 spiro atoms. The van der Waals surface area contributed by atoms with Gasteiger partial charge in [0, 0.05) is 17.3 Å². The number of nitrogens with two attached hydrogens (primary N) is 1. The van der Waals surface area contributed by atoms with Crippen LogP contribution in [0.15, 0.2) is 36.4 Å². The van der Waals surface area contributed by atoms with E-state index in [2.05, 4.69) is 12.2 Å². The summed E-state index contributed by atoms with van der Waals surface area (Å²) in [5, 5.41) is 3.15. The molecule has 1 heterocycles. The van der Waals surface area contributed by atoms with E-state index in [9.17, 15) is 4.79 Å². The zero-order chi connectivity index (χ0) is 15.0. The summed E-state index contributed by atoms with van der Waals surface area (Å²) in [6, 6.07) is 10.5. The summed E-state index contributed by atoms with van der Waals surface area (Å²) in [6.45, 7) is 2.08. The van der Waals surface area contributed by atoms with Crippen molar-refractivity contribution in [1.29, 1.82) is 0 Å². The van der Waals surface area contributed by atoms with Gasteiger partial charge in [0.25, 0.3) is 0 Å². The van der Waals surface area contributed by atoms with Gasteiger partial charge in [-0.1, -0.05) is 30.7 Å². The van der Waals surface area contributed by atoms with Crippen LogP contribution in [0.25, 0.3) is 0 Å². The predicted octanol–water partition coefficient (Wildman–Crippen LogP) is 3.65. The Morgan fingerprint density at radius 2 is 2.14 bits per heavy atom. The molecule has 2 aromatic rings. The number of carbonyl (C=O) groups is 1. The number of carbonyl (C=O) groups excluding carboxylic acids is 1. The Morgan fingerprint density at radius 1 is 1.33 bits per heavy atom. The Hall–Kier alpha value is -2.04. The largest absolute Gasteiger partial charge is 0.456 e. The average Bonchev–Trinajstić information content (AvgIpc) is 2.75. The predicted molar refractivity (Wildman–Crippen MR) is 82.9 cm³/mol. The zero-order valence-corrected chi connectivity index (χ0v) is 12.3. The lowest BCUT2D eigenvalue weighted by molar-refractivity contribution is -0.116. The van der Waals surface area contributed by atoms with Gasteiger partial charge < -0.3 is 15.8 Å². The van der Waals surface area contributed by atoms with Crippen molar-refractivity contribution in [1.82, 2.24) is 0 Å². The highest BCUT2D eigenvalue weighted by atomic mass is 35.5. The third-order valence-corrected chi connectivity index (χ3v) is 3.81. The Bertz CT molecular complexity index is 715. The number of aryl methyl sites for hydroxylation is 1. The maximum Gasteiger partial charge on any atom is 0.245 e. The number of amides is 1. The number of anilines is 1. The lowest BCUT2D eigenvalue weighted by atomic mass is 10.1. The van der Waals surface area contributed by atoms with Gasteiger partial charge in [-0.25, -0.2) is 0 Å². The molecule has 0 fully saturated rings. The molecule has 3 N–H and O–H groups in total. The van der Waals surface area contributed by atoms with Gasteiger partial charge in [-0.05, 0) is 30.2 Å². The normalized spacial score (nSPS) is 16.5. The van der Waals surface area contributed by atoms with Crippen LogP contribution in [0.2, 0.25) is 5.02 Å². The molecule has 0 saturated carbocycles. The third kappa shape index (κ3) is 2.60. The summed E-state index contributed by atoms with van der Waals surface area (Å²) in [7, 11) is 0. The molecule has 5 heteroatoms. The third-order valence-electron chi connectivity index (χ3n) is 3.51. The van der Waals surface area contributed by atoms with Crippen molar-refractivity contribution in [2.24, 2.45) is 5.73 Å². The van der Waals surface area contributed by atoms with Crippen LogP contribution in [0.5, 0.6) is 11.5 Å². The molecule has 0 radical (unpaired) electrons. The number of benzene rings is 2.